The predicted octanol–water partition coefficient (Wildman–Crippen LogP) is 7.63. The zero-order valence-corrected chi connectivity index (χ0v) is 16.5. The zero-order valence-electron chi connectivity index (χ0n) is 15.0. The van der Waals surface area contributed by atoms with E-state index < -0.39 is 0 Å². The van der Waals surface area contributed by atoms with E-state index in [1.165, 1.54) is 5.56 Å². The van der Waals surface area contributed by atoms with E-state index in [0.29, 0.717) is 6.61 Å². The molecule has 128 valence electrons. The molecule has 1 atom stereocenters. The van der Waals surface area contributed by atoms with Gasteiger partial charge in [0.05, 0.1) is 12.7 Å². The molecular formula is C20H28Cl2O. The molecule has 0 radical (unpaired) electrons. The molecule has 0 saturated carbocycles. The highest BCUT2D eigenvalue weighted by atomic mass is 35.5. The van der Waals surface area contributed by atoms with Gasteiger partial charge in [0.1, 0.15) is 0 Å². The van der Waals surface area contributed by atoms with Gasteiger partial charge in [-0.1, -0.05) is 69.1 Å². The number of hydrogen-bond donors (Lipinski definition) is 0. The van der Waals surface area contributed by atoms with Crippen LogP contribution in [0.1, 0.15) is 57.4 Å². The van der Waals surface area contributed by atoms with E-state index in [1.54, 1.807) is 0 Å². The summed E-state index contributed by atoms with van der Waals surface area (Å²) in [6, 6.07) is 13.6. The maximum Gasteiger partial charge on any atom is 0.0803 e. The molecule has 0 spiro atoms. The maximum atomic E-state index is 5.96. The molecule has 0 aliphatic heterocycles. The van der Waals surface area contributed by atoms with Crippen LogP contribution in [-0.2, 0) is 11.3 Å². The molecule has 1 unspecified atom stereocenters. The molecule has 0 bridgehead atoms. The third-order valence-corrected chi connectivity index (χ3v) is 3.57. The van der Waals surface area contributed by atoms with Crippen LogP contribution in [0.25, 0.3) is 0 Å². The largest absolute Gasteiger partial charge is 0.369 e. The van der Waals surface area contributed by atoms with E-state index in [1.807, 2.05) is 84.0 Å². The molecule has 2 rings (SSSR count). The van der Waals surface area contributed by atoms with Crippen molar-refractivity contribution in [3.8, 4) is 0 Å². The lowest BCUT2D eigenvalue weighted by molar-refractivity contribution is 0.0522. The second kappa shape index (κ2) is 12.4. The van der Waals surface area contributed by atoms with Crippen molar-refractivity contribution in [3.63, 3.8) is 0 Å². The summed E-state index contributed by atoms with van der Waals surface area (Å²) in [5, 5.41) is 1.50. The summed E-state index contributed by atoms with van der Waals surface area (Å²) in [5.74, 6) is 0. The summed E-state index contributed by atoms with van der Waals surface area (Å²) in [6.07, 6.45) is 0.0351. The second-order valence-corrected chi connectivity index (χ2v) is 5.45. The van der Waals surface area contributed by atoms with Crippen LogP contribution in [0.2, 0.25) is 10.0 Å². The Labute approximate surface area is 151 Å². The van der Waals surface area contributed by atoms with E-state index in [9.17, 15) is 0 Å². The lowest BCUT2D eigenvalue weighted by Crippen LogP contribution is -2.02. The van der Waals surface area contributed by atoms with Crippen molar-refractivity contribution in [2.24, 2.45) is 0 Å². The molecule has 0 aromatic heterocycles. The smallest absolute Gasteiger partial charge is 0.0803 e. The van der Waals surface area contributed by atoms with E-state index in [0.717, 1.165) is 21.2 Å². The minimum Gasteiger partial charge on any atom is -0.369 e. The zero-order chi connectivity index (χ0) is 17.8. The van der Waals surface area contributed by atoms with Gasteiger partial charge in [0.2, 0.25) is 0 Å². The van der Waals surface area contributed by atoms with Crippen molar-refractivity contribution in [3.05, 3.63) is 69.2 Å². The highest BCUT2D eigenvalue weighted by Crippen LogP contribution is 2.24. The van der Waals surface area contributed by atoms with Gasteiger partial charge in [-0.25, -0.2) is 0 Å². The summed E-state index contributed by atoms with van der Waals surface area (Å²) in [5.41, 5.74) is 3.43. The van der Waals surface area contributed by atoms with Crippen molar-refractivity contribution >= 4 is 23.2 Å². The number of rotatable bonds is 4. The van der Waals surface area contributed by atoms with Gasteiger partial charge in [0.15, 0.2) is 0 Å². The first kappa shape index (κ1) is 22.0. The van der Waals surface area contributed by atoms with E-state index in [-0.39, 0.29) is 6.10 Å². The fourth-order valence-corrected chi connectivity index (χ4v) is 2.34. The standard InChI is InChI=1S/C16H16Cl2O.2C2H6/c1-11-9-15(18)7-8-16(11)12(2)19-10-13-3-5-14(17)6-4-13;2*1-2/h3-9,12H,10H2,1-2H3;2*1-2H3. The van der Waals surface area contributed by atoms with Crippen LogP contribution in [0.3, 0.4) is 0 Å². The van der Waals surface area contributed by atoms with Crippen LogP contribution in [0.4, 0.5) is 0 Å². The monoisotopic (exact) mass is 354 g/mol. The minimum atomic E-state index is 0.0351. The van der Waals surface area contributed by atoms with E-state index in [2.05, 4.69) is 0 Å². The molecule has 0 aliphatic rings. The van der Waals surface area contributed by atoms with E-state index >= 15 is 0 Å². The third kappa shape index (κ3) is 7.87. The topological polar surface area (TPSA) is 9.23 Å². The highest BCUT2D eigenvalue weighted by molar-refractivity contribution is 6.30. The predicted molar refractivity (Wildman–Crippen MR) is 104 cm³/mol. The van der Waals surface area contributed by atoms with E-state index in [4.69, 9.17) is 27.9 Å². The fourth-order valence-electron chi connectivity index (χ4n) is 1.99. The third-order valence-electron chi connectivity index (χ3n) is 3.08. The molecule has 0 amide bonds. The number of halogens is 2. The molecule has 3 heteroatoms. The van der Waals surface area contributed by atoms with Crippen molar-refractivity contribution < 1.29 is 4.74 Å². The summed E-state index contributed by atoms with van der Waals surface area (Å²) in [4.78, 5) is 0. The fraction of sp³-hybridized carbons (Fsp3) is 0.400. The van der Waals surface area contributed by atoms with Gasteiger partial charge in [-0.15, -0.1) is 0 Å². The maximum absolute atomic E-state index is 5.96. The van der Waals surface area contributed by atoms with Crippen LogP contribution in [0.15, 0.2) is 42.5 Å². The van der Waals surface area contributed by atoms with Crippen molar-refractivity contribution in [2.45, 2.75) is 54.3 Å². The van der Waals surface area contributed by atoms with Gasteiger partial charge in [-0.05, 0) is 54.8 Å². The molecular weight excluding hydrogens is 327 g/mol. The first-order valence-corrected chi connectivity index (χ1v) is 8.94. The van der Waals surface area contributed by atoms with Crippen LogP contribution < -0.4 is 0 Å². The Balaban J connectivity index is 0.00000112. The SMILES string of the molecule is CC.CC.Cc1cc(Cl)ccc1C(C)OCc1ccc(Cl)cc1. The van der Waals surface area contributed by atoms with Crippen LogP contribution in [0.5, 0.6) is 0 Å². The Hall–Kier alpha value is -1.02. The lowest BCUT2D eigenvalue weighted by Gasteiger charge is -2.16. The summed E-state index contributed by atoms with van der Waals surface area (Å²) < 4.78 is 5.89. The Bertz CT molecular complexity index is 550. The first-order valence-electron chi connectivity index (χ1n) is 8.18. The first-order chi connectivity index (χ1) is 11.1. The Morgan fingerprint density at radius 3 is 1.91 bits per heavy atom. The molecule has 1 nitrogen and oxygen atoms in total. The van der Waals surface area contributed by atoms with Crippen LogP contribution in [0, 0.1) is 6.92 Å². The Kier molecular flexibility index (Phi) is 11.9. The average Bonchev–Trinajstić information content (AvgIpc) is 2.58. The number of ether oxygens (including phenoxy) is 1. The van der Waals surface area contributed by atoms with Gasteiger partial charge < -0.3 is 4.74 Å². The molecule has 23 heavy (non-hydrogen) atoms. The van der Waals surface area contributed by atoms with Crippen LogP contribution in [-0.4, -0.2) is 0 Å². The molecule has 0 heterocycles. The quantitative estimate of drug-likeness (QED) is 0.548. The van der Waals surface area contributed by atoms with Gasteiger partial charge in [0.25, 0.3) is 0 Å². The molecule has 0 aliphatic carbocycles. The average molecular weight is 355 g/mol. The summed E-state index contributed by atoms with van der Waals surface area (Å²) >= 11 is 11.8. The molecule has 2 aromatic carbocycles. The molecule has 2 aromatic rings. The highest BCUT2D eigenvalue weighted by Gasteiger charge is 2.09. The molecule has 0 N–H and O–H groups in total. The lowest BCUT2D eigenvalue weighted by atomic mass is 10.0. The van der Waals surface area contributed by atoms with Gasteiger partial charge in [-0.2, -0.15) is 0 Å². The molecule has 0 saturated heterocycles. The van der Waals surface area contributed by atoms with Gasteiger partial charge >= 0.3 is 0 Å². The van der Waals surface area contributed by atoms with Crippen molar-refractivity contribution in [2.75, 3.05) is 0 Å². The van der Waals surface area contributed by atoms with Crippen LogP contribution >= 0.6 is 23.2 Å². The second-order valence-electron chi connectivity index (χ2n) is 4.58. The number of hydrogen-bond acceptors (Lipinski definition) is 1. The molecule has 0 fully saturated rings. The van der Waals surface area contributed by atoms with Crippen molar-refractivity contribution in [1.82, 2.24) is 0 Å². The van der Waals surface area contributed by atoms with Crippen molar-refractivity contribution in [1.29, 1.82) is 0 Å². The normalized spacial score (nSPS) is 10.8. The Morgan fingerprint density at radius 1 is 0.870 bits per heavy atom. The minimum absolute atomic E-state index is 0.0351. The van der Waals surface area contributed by atoms with Gasteiger partial charge in [0, 0.05) is 10.0 Å². The summed E-state index contributed by atoms with van der Waals surface area (Å²) in [7, 11) is 0. The Morgan fingerprint density at radius 2 is 1.39 bits per heavy atom. The number of aryl methyl sites for hydroxylation is 1. The summed E-state index contributed by atoms with van der Waals surface area (Å²) in [6.45, 7) is 12.7. The van der Waals surface area contributed by atoms with Gasteiger partial charge in [-0.3, -0.25) is 0 Å². The number of benzene rings is 2.